The van der Waals surface area contributed by atoms with Crippen molar-refractivity contribution in [2.24, 2.45) is 0 Å². The summed E-state index contributed by atoms with van der Waals surface area (Å²) in [5.74, 6) is 5.46. The predicted octanol–water partition coefficient (Wildman–Crippen LogP) is 2.24. The van der Waals surface area contributed by atoms with E-state index in [2.05, 4.69) is 34.2 Å². The molecule has 0 saturated carbocycles. The number of ether oxygens (including phenoxy) is 1. The lowest BCUT2D eigenvalue weighted by Gasteiger charge is -2.26. The quantitative estimate of drug-likeness (QED) is 0.587. The molecular weight excluding hydrogens is 394 g/mol. The van der Waals surface area contributed by atoms with Gasteiger partial charge in [0, 0.05) is 42.9 Å². The maximum Gasteiger partial charge on any atom is 0.249 e. The summed E-state index contributed by atoms with van der Waals surface area (Å²) in [6.45, 7) is 4.45. The van der Waals surface area contributed by atoms with Gasteiger partial charge < -0.3 is 10.1 Å². The molecule has 7 heteroatoms. The number of hydrogen-bond acceptors (Lipinski definition) is 5. The molecule has 2 heterocycles. The first-order chi connectivity index (χ1) is 15.1. The van der Waals surface area contributed by atoms with Crippen molar-refractivity contribution in [3.05, 3.63) is 65.2 Å². The van der Waals surface area contributed by atoms with Gasteiger partial charge >= 0.3 is 0 Å². The number of hydroxylamine groups is 2. The first-order valence-corrected chi connectivity index (χ1v) is 10.4. The molecular formula is C24H25N3O4. The van der Waals surface area contributed by atoms with Crippen LogP contribution >= 0.6 is 0 Å². The Morgan fingerprint density at radius 2 is 1.65 bits per heavy atom. The summed E-state index contributed by atoms with van der Waals surface area (Å²) in [5, 5.41) is 12.9. The van der Waals surface area contributed by atoms with E-state index in [1.54, 1.807) is 12.1 Å². The molecule has 2 aliphatic rings. The molecule has 2 N–H and O–H groups in total. The number of morpholine rings is 1. The lowest BCUT2D eigenvalue weighted by atomic mass is 10.1. The Morgan fingerprint density at radius 3 is 2.23 bits per heavy atom. The highest BCUT2D eigenvalue weighted by atomic mass is 16.5. The van der Waals surface area contributed by atoms with E-state index in [0.29, 0.717) is 17.2 Å². The summed E-state index contributed by atoms with van der Waals surface area (Å²) >= 11 is 0. The Hall–Kier alpha value is -3.18. The third-order valence-corrected chi connectivity index (χ3v) is 5.45. The topological polar surface area (TPSA) is 82.1 Å². The molecule has 1 atom stereocenters. The van der Waals surface area contributed by atoms with Gasteiger partial charge in [-0.25, -0.2) is 5.06 Å². The highest BCUT2D eigenvalue weighted by molar-refractivity contribution is 5.98. The van der Waals surface area contributed by atoms with Crippen LogP contribution in [0.2, 0.25) is 0 Å². The van der Waals surface area contributed by atoms with Gasteiger partial charge in [0.2, 0.25) is 11.8 Å². The zero-order valence-corrected chi connectivity index (χ0v) is 17.2. The number of carbonyl (C=O) groups excluding carboxylic acids is 2. The monoisotopic (exact) mass is 419 g/mol. The first-order valence-electron chi connectivity index (χ1n) is 10.4. The molecule has 0 aromatic heterocycles. The Kier molecular flexibility index (Phi) is 6.63. The van der Waals surface area contributed by atoms with Gasteiger partial charge in [-0.2, -0.15) is 0 Å². The SMILES string of the molecule is O=C(Nc1ccc(C#Cc2ccc(CN3CCOCC3)cc2)cc1)C1CCC(=O)N1O. The average Bonchev–Trinajstić information content (AvgIpc) is 3.13. The van der Waals surface area contributed by atoms with Crippen LogP contribution in [-0.2, 0) is 20.9 Å². The number of hydrogen-bond donors (Lipinski definition) is 2. The Balaban J connectivity index is 1.32. The van der Waals surface area contributed by atoms with Gasteiger partial charge in [-0.15, -0.1) is 0 Å². The van der Waals surface area contributed by atoms with Crippen molar-refractivity contribution in [3.63, 3.8) is 0 Å². The summed E-state index contributed by atoms with van der Waals surface area (Å²) in [6.07, 6.45) is 0.493. The minimum Gasteiger partial charge on any atom is -0.379 e. The van der Waals surface area contributed by atoms with Crippen LogP contribution in [0.5, 0.6) is 0 Å². The molecule has 2 saturated heterocycles. The van der Waals surface area contributed by atoms with Crippen LogP contribution in [0.4, 0.5) is 5.69 Å². The van der Waals surface area contributed by atoms with Crippen molar-refractivity contribution >= 4 is 17.5 Å². The van der Waals surface area contributed by atoms with E-state index in [1.807, 2.05) is 24.3 Å². The van der Waals surface area contributed by atoms with Crippen LogP contribution in [-0.4, -0.2) is 59.3 Å². The van der Waals surface area contributed by atoms with Crippen molar-refractivity contribution in [2.45, 2.75) is 25.4 Å². The molecule has 2 aliphatic heterocycles. The first kappa shape index (κ1) is 21.1. The lowest BCUT2D eigenvalue weighted by Crippen LogP contribution is -2.39. The van der Waals surface area contributed by atoms with Crippen molar-refractivity contribution in [1.82, 2.24) is 9.96 Å². The van der Waals surface area contributed by atoms with Gasteiger partial charge in [-0.05, 0) is 48.4 Å². The fourth-order valence-corrected chi connectivity index (χ4v) is 3.63. The van der Waals surface area contributed by atoms with E-state index >= 15 is 0 Å². The van der Waals surface area contributed by atoms with E-state index in [1.165, 1.54) is 5.56 Å². The summed E-state index contributed by atoms with van der Waals surface area (Å²) in [7, 11) is 0. The van der Waals surface area contributed by atoms with E-state index in [9.17, 15) is 14.8 Å². The molecule has 4 rings (SSSR count). The third-order valence-electron chi connectivity index (χ3n) is 5.45. The van der Waals surface area contributed by atoms with Crippen molar-refractivity contribution in [2.75, 3.05) is 31.6 Å². The largest absolute Gasteiger partial charge is 0.379 e. The lowest BCUT2D eigenvalue weighted by molar-refractivity contribution is -0.168. The molecule has 2 aromatic carbocycles. The van der Waals surface area contributed by atoms with Crippen molar-refractivity contribution < 1.29 is 19.5 Å². The summed E-state index contributed by atoms with van der Waals surface area (Å²) in [4.78, 5) is 26.0. The third kappa shape index (κ3) is 5.50. The Labute approximate surface area is 181 Å². The smallest absolute Gasteiger partial charge is 0.249 e. The highest BCUT2D eigenvalue weighted by Gasteiger charge is 2.35. The van der Waals surface area contributed by atoms with E-state index < -0.39 is 17.9 Å². The molecule has 2 amide bonds. The maximum atomic E-state index is 12.2. The van der Waals surface area contributed by atoms with Crippen LogP contribution in [0.3, 0.4) is 0 Å². The van der Waals surface area contributed by atoms with Gasteiger partial charge in [0.25, 0.3) is 0 Å². The summed E-state index contributed by atoms with van der Waals surface area (Å²) in [6, 6.07) is 14.6. The second-order valence-electron chi connectivity index (χ2n) is 7.69. The molecule has 160 valence electrons. The molecule has 0 spiro atoms. The summed E-state index contributed by atoms with van der Waals surface area (Å²) in [5.41, 5.74) is 3.63. The van der Waals surface area contributed by atoms with Crippen LogP contribution in [0.15, 0.2) is 48.5 Å². The molecule has 0 aliphatic carbocycles. The zero-order chi connectivity index (χ0) is 21.6. The van der Waals surface area contributed by atoms with Crippen molar-refractivity contribution in [3.8, 4) is 11.8 Å². The maximum absolute atomic E-state index is 12.2. The fraction of sp³-hybridized carbons (Fsp3) is 0.333. The number of rotatable bonds is 4. The molecule has 31 heavy (non-hydrogen) atoms. The van der Waals surface area contributed by atoms with Crippen LogP contribution in [0.25, 0.3) is 0 Å². The van der Waals surface area contributed by atoms with Gasteiger partial charge in [0.1, 0.15) is 6.04 Å². The summed E-state index contributed by atoms with van der Waals surface area (Å²) < 4.78 is 5.38. The number of nitrogens with zero attached hydrogens (tertiary/aromatic N) is 2. The van der Waals surface area contributed by atoms with E-state index in [4.69, 9.17) is 4.74 Å². The Bertz CT molecular complexity index is 986. The standard InChI is InChI=1S/C24H25N3O4/c28-23-12-11-22(27(23)30)24(29)25-21-9-7-19(8-10-21)2-1-18-3-5-20(6-4-18)17-26-13-15-31-16-14-26/h3-10,22,30H,11-17H2,(H,25,29). The zero-order valence-electron chi connectivity index (χ0n) is 17.2. The number of carbonyl (C=O) groups is 2. The molecule has 1 unspecified atom stereocenters. The van der Waals surface area contributed by atoms with E-state index in [-0.39, 0.29) is 6.42 Å². The molecule has 7 nitrogen and oxygen atoms in total. The number of nitrogens with one attached hydrogen (secondary N) is 1. The van der Waals surface area contributed by atoms with Crippen LogP contribution in [0, 0.1) is 11.8 Å². The van der Waals surface area contributed by atoms with Gasteiger partial charge in [-0.3, -0.25) is 19.7 Å². The van der Waals surface area contributed by atoms with Crippen molar-refractivity contribution in [1.29, 1.82) is 0 Å². The minimum atomic E-state index is -0.835. The van der Waals surface area contributed by atoms with Crippen LogP contribution in [0.1, 0.15) is 29.5 Å². The fourth-order valence-electron chi connectivity index (χ4n) is 3.63. The number of anilines is 1. The van der Waals surface area contributed by atoms with Gasteiger partial charge in [-0.1, -0.05) is 24.0 Å². The number of amides is 2. The second kappa shape index (κ2) is 9.75. The van der Waals surface area contributed by atoms with E-state index in [0.717, 1.165) is 44.0 Å². The molecule has 0 radical (unpaired) electrons. The second-order valence-corrected chi connectivity index (χ2v) is 7.69. The highest BCUT2D eigenvalue weighted by Crippen LogP contribution is 2.18. The van der Waals surface area contributed by atoms with Crippen LogP contribution < -0.4 is 5.32 Å². The Morgan fingerprint density at radius 1 is 1.03 bits per heavy atom. The molecule has 0 bridgehead atoms. The predicted molar refractivity (Wildman–Crippen MR) is 115 cm³/mol. The number of benzene rings is 2. The van der Waals surface area contributed by atoms with Gasteiger partial charge in [0.15, 0.2) is 0 Å². The van der Waals surface area contributed by atoms with Gasteiger partial charge in [0.05, 0.1) is 13.2 Å². The normalized spacial score (nSPS) is 19.1. The average molecular weight is 419 g/mol. The minimum absolute atomic E-state index is 0.178. The molecule has 2 fully saturated rings. The molecule has 2 aromatic rings.